The second-order valence-electron chi connectivity index (χ2n) is 12.4. The van der Waals surface area contributed by atoms with E-state index in [4.69, 9.17) is 4.74 Å². The first-order chi connectivity index (χ1) is 14.2. The van der Waals surface area contributed by atoms with E-state index < -0.39 is 0 Å². The Kier molecular flexibility index (Phi) is 6.34. The van der Waals surface area contributed by atoms with Crippen molar-refractivity contribution in [3.63, 3.8) is 0 Å². The molecule has 1 amide bonds. The average Bonchev–Trinajstić information content (AvgIpc) is 3.05. The summed E-state index contributed by atoms with van der Waals surface area (Å²) in [4.78, 5) is 14.5. The van der Waals surface area contributed by atoms with Crippen LogP contribution in [0.25, 0.3) is 0 Å². The number of ether oxygens (including phenoxy) is 1. The molecule has 0 aromatic rings. The summed E-state index contributed by atoms with van der Waals surface area (Å²) in [5.74, 6) is 5.20. The third-order valence-electron chi connectivity index (χ3n) is 10.5. The summed E-state index contributed by atoms with van der Waals surface area (Å²) in [7, 11) is 2.07. The van der Waals surface area contributed by atoms with Gasteiger partial charge < -0.3 is 9.64 Å². The Hall–Kier alpha value is -0.570. The van der Waals surface area contributed by atoms with Gasteiger partial charge in [-0.05, 0) is 97.7 Å². The summed E-state index contributed by atoms with van der Waals surface area (Å²) >= 11 is 0. The van der Waals surface area contributed by atoms with Gasteiger partial charge in [-0.2, -0.15) is 0 Å². The molecule has 8 atom stereocenters. The lowest BCUT2D eigenvalue weighted by molar-refractivity contribution is -0.159. The lowest BCUT2D eigenvalue weighted by Crippen LogP contribution is -2.61. The fourth-order valence-corrected chi connectivity index (χ4v) is 8.83. The van der Waals surface area contributed by atoms with Crippen molar-refractivity contribution in [2.24, 2.45) is 46.3 Å². The van der Waals surface area contributed by atoms with Crippen LogP contribution < -0.4 is 0 Å². The highest BCUT2D eigenvalue weighted by atomic mass is 16.5. The van der Waals surface area contributed by atoms with Crippen LogP contribution in [0.5, 0.6) is 0 Å². The number of carbonyl (C=O) groups excluding carboxylic acids is 1. The number of amides is 1. The Morgan fingerprint density at radius 3 is 2.47 bits per heavy atom. The van der Waals surface area contributed by atoms with E-state index in [0.29, 0.717) is 28.7 Å². The molecule has 0 spiro atoms. The SMILES string of the molecule is CC(C)CCOCC(C)[C@H]1CC[C@H]2[C@@H]3CCC4N(C)C(=O)CC[C@]4(C)[C@H]3CC[C@]12C. The molecule has 30 heavy (non-hydrogen) atoms. The van der Waals surface area contributed by atoms with Gasteiger partial charge in [0.2, 0.25) is 5.91 Å². The molecule has 0 bridgehead atoms. The topological polar surface area (TPSA) is 29.5 Å². The van der Waals surface area contributed by atoms with Gasteiger partial charge in [0.05, 0.1) is 0 Å². The molecule has 3 aliphatic carbocycles. The summed E-state index contributed by atoms with van der Waals surface area (Å²) in [6, 6.07) is 0.481. The van der Waals surface area contributed by atoms with Gasteiger partial charge >= 0.3 is 0 Å². The van der Waals surface area contributed by atoms with Crippen molar-refractivity contribution in [1.82, 2.24) is 4.90 Å². The Bertz CT molecular complexity index is 632. The molecule has 4 fully saturated rings. The van der Waals surface area contributed by atoms with Crippen LogP contribution in [-0.2, 0) is 9.53 Å². The largest absolute Gasteiger partial charge is 0.381 e. The van der Waals surface area contributed by atoms with E-state index in [1.807, 2.05) is 0 Å². The quantitative estimate of drug-likeness (QED) is 0.484. The summed E-state index contributed by atoms with van der Waals surface area (Å²) in [6.07, 6.45) is 11.2. The van der Waals surface area contributed by atoms with E-state index in [0.717, 1.165) is 55.6 Å². The highest BCUT2D eigenvalue weighted by Crippen LogP contribution is 2.67. The molecule has 172 valence electrons. The summed E-state index contributed by atoms with van der Waals surface area (Å²) < 4.78 is 6.12. The first-order valence-electron chi connectivity index (χ1n) is 13.0. The van der Waals surface area contributed by atoms with Crippen LogP contribution in [0.4, 0.5) is 0 Å². The predicted molar refractivity (Wildman–Crippen MR) is 123 cm³/mol. The third kappa shape index (κ3) is 3.65. The monoisotopic (exact) mass is 417 g/mol. The highest BCUT2D eigenvalue weighted by Gasteiger charge is 2.61. The van der Waals surface area contributed by atoms with E-state index in [2.05, 4.69) is 46.6 Å². The number of hydrogen-bond donors (Lipinski definition) is 0. The van der Waals surface area contributed by atoms with Gasteiger partial charge in [-0.3, -0.25) is 4.79 Å². The minimum atomic E-state index is 0.344. The molecule has 3 heteroatoms. The molecule has 4 rings (SSSR count). The molecule has 2 unspecified atom stereocenters. The standard InChI is InChI=1S/C27H47NO2/c1-18(2)13-16-30-17-19(3)21-8-9-22-20-7-10-24-27(5,15-12-25(29)28(24)6)23(20)11-14-26(21,22)4/h18-24H,7-17H2,1-6H3/t19?,20-,21+,22-,23-,24?,26+,27+/m0/s1. The van der Waals surface area contributed by atoms with Crippen molar-refractivity contribution in [2.45, 2.75) is 98.4 Å². The molecule has 1 heterocycles. The maximum Gasteiger partial charge on any atom is 0.222 e. The fraction of sp³-hybridized carbons (Fsp3) is 0.963. The van der Waals surface area contributed by atoms with Gasteiger partial charge in [0, 0.05) is 32.7 Å². The van der Waals surface area contributed by atoms with Crippen molar-refractivity contribution < 1.29 is 9.53 Å². The first kappa shape index (κ1) is 22.6. The second-order valence-corrected chi connectivity index (χ2v) is 12.4. The zero-order chi connectivity index (χ0) is 21.7. The van der Waals surface area contributed by atoms with Crippen LogP contribution in [0.15, 0.2) is 0 Å². The molecule has 3 nitrogen and oxygen atoms in total. The smallest absolute Gasteiger partial charge is 0.222 e. The van der Waals surface area contributed by atoms with Crippen LogP contribution >= 0.6 is 0 Å². The maximum absolute atomic E-state index is 12.4. The average molecular weight is 418 g/mol. The fourth-order valence-electron chi connectivity index (χ4n) is 8.83. The minimum absolute atomic E-state index is 0.344. The van der Waals surface area contributed by atoms with Crippen molar-refractivity contribution >= 4 is 5.91 Å². The van der Waals surface area contributed by atoms with E-state index in [9.17, 15) is 4.79 Å². The van der Waals surface area contributed by atoms with E-state index in [1.54, 1.807) is 0 Å². The van der Waals surface area contributed by atoms with Gasteiger partial charge in [-0.15, -0.1) is 0 Å². The Morgan fingerprint density at radius 2 is 1.73 bits per heavy atom. The van der Waals surface area contributed by atoms with Gasteiger partial charge in [-0.25, -0.2) is 0 Å². The van der Waals surface area contributed by atoms with Crippen LogP contribution in [0.2, 0.25) is 0 Å². The van der Waals surface area contributed by atoms with E-state index in [1.165, 1.54) is 44.9 Å². The molecular weight excluding hydrogens is 370 g/mol. The number of piperidine rings is 1. The van der Waals surface area contributed by atoms with E-state index >= 15 is 0 Å². The first-order valence-corrected chi connectivity index (χ1v) is 13.0. The molecule has 4 aliphatic rings. The van der Waals surface area contributed by atoms with Crippen molar-refractivity contribution in [3.05, 3.63) is 0 Å². The zero-order valence-electron chi connectivity index (χ0n) is 20.6. The van der Waals surface area contributed by atoms with Crippen molar-refractivity contribution in [2.75, 3.05) is 20.3 Å². The Morgan fingerprint density at radius 1 is 1.00 bits per heavy atom. The number of likely N-dealkylation sites (tertiary alicyclic amines) is 1. The van der Waals surface area contributed by atoms with Crippen LogP contribution in [0, 0.1) is 46.3 Å². The number of carbonyl (C=O) groups is 1. The van der Waals surface area contributed by atoms with Crippen molar-refractivity contribution in [3.8, 4) is 0 Å². The number of hydrogen-bond acceptors (Lipinski definition) is 2. The van der Waals surface area contributed by atoms with Crippen LogP contribution in [0.3, 0.4) is 0 Å². The molecule has 0 N–H and O–H groups in total. The van der Waals surface area contributed by atoms with Crippen LogP contribution in [-0.4, -0.2) is 37.1 Å². The van der Waals surface area contributed by atoms with Gasteiger partial charge in [0.1, 0.15) is 0 Å². The summed E-state index contributed by atoms with van der Waals surface area (Å²) in [5.41, 5.74) is 0.845. The molecule has 0 aromatic carbocycles. The maximum atomic E-state index is 12.4. The zero-order valence-corrected chi connectivity index (χ0v) is 20.6. The lowest BCUT2D eigenvalue weighted by Gasteiger charge is -2.62. The van der Waals surface area contributed by atoms with Gasteiger partial charge in [0.25, 0.3) is 0 Å². The normalized spacial score (nSPS) is 44.6. The molecular formula is C27H47NO2. The summed E-state index contributed by atoms with van der Waals surface area (Å²) in [6.45, 7) is 14.1. The Balaban J connectivity index is 1.44. The second kappa shape index (κ2) is 8.41. The minimum Gasteiger partial charge on any atom is -0.381 e. The summed E-state index contributed by atoms with van der Waals surface area (Å²) in [5, 5.41) is 0. The Labute approximate surface area is 185 Å². The molecule has 3 saturated carbocycles. The van der Waals surface area contributed by atoms with Crippen LogP contribution in [0.1, 0.15) is 92.4 Å². The number of rotatable bonds is 6. The van der Waals surface area contributed by atoms with Gasteiger partial charge in [0.15, 0.2) is 0 Å². The highest BCUT2D eigenvalue weighted by molar-refractivity contribution is 5.77. The molecule has 1 saturated heterocycles. The van der Waals surface area contributed by atoms with Crippen molar-refractivity contribution in [1.29, 1.82) is 0 Å². The molecule has 0 aromatic heterocycles. The van der Waals surface area contributed by atoms with Gasteiger partial charge in [-0.1, -0.05) is 34.6 Å². The lowest BCUT2D eigenvalue weighted by atomic mass is 9.46. The third-order valence-corrected chi connectivity index (χ3v) is 10.5. The van der Waals surface area contributed by atoms with E-state index in [-0.39, 0.29) is 0 Å². The predicted octanol–water partition coefficient (Wildman–Crippen LogP) is 6.16. The molecule has 1 aliphatic heterocycles. The molecule has 0 radical (unpaired) electrons. The number of nitrogens with zero attached hydrogens (tertiary/aromatic N) is 1. The number of fused-ring (bicyclic) bond motifs is 5.